The number of furan rings is 1. The molecule has 13 heavy (non-hydrogen) atoms. The SMILES string of the molecule is CC(C(O)Cc1ccoc1)C1CC1. The van der Waals surface area contributed by atoms with Crippen LogP contribution in [-0.2, 0) is 6.42 Å². The lowest BCUT2D eigenvalue weighted by Crippen LogP contribution is -2.21. The van der Waals surface area contributed by atoms with E-state index in [0.29, 0.717) is 5.92 Å². The first-order valence-corrected chi connectivity index (χ1v) is 4.96. The molecule has 0 aromatic carbocycles. The highest BCUT2D eigenvalue weighted by Crippen LogP contribution is 2.38. The first-order chi connectivity index (χ1) is 6.27. The minimum Gasteiger partial charge on any atom is -0.472 e. The minimum atomic E-state index is -0.204. The van der Waals surface area contributed by atoms with Gasteiger partial charge in [-0.05, 0) is 36.3 Å². The molecule has 1 fully saturated rings. The van der Waals surface area contributed by atoms with Gasteiger partial charge in [-0.2, -0.15) is 0 Å². The Morgan fingerprint density at radius 2 is 2.38 bits per heavy atom. The van der Waals surface area contributed by atoms with E-state index in [1.807, 2.05) is 6.07 Å². The van der Waals surface area contributed by atoms with Crippen molar-refractivity contribution in [2.45, 2.75) is 32.3 Å². The fourth-order valence-corrected chi connectivity index (χ4v) is 1.77. The summed E-state index contributed by atoms with van der Waals surface area (Å²) >= 11 is 0. The van der Waals surface area contributed by atoms with Crippen molar-refractivity contribution in [3.8, 4) is 0 Å². The molecule has 2 rings (SSSR count). The van der Waals surface area contributed by atoms with Gasteiger partial charge in [-0.25, -0.2) is 0 Å². The molecule has 0 radical (unpaired) electrons. The van der Waals surface area contributed by atoms with Crippen LogP contribution in [0.4, 0.5) is 0 Å². The van der Waals surface area contributed by atoms with Gasteiger partial charge in [0.05, 0.1) is 18.6 Å². The summed E-state index contributed by atoms with van der Waals surface area (Å²) in [7, 11) is 0. The number of aliphatic hydroxyl groups is 1. The lowest BCUT2D eigenvalue weighted by Gasteiger charge is -2.17. The van der Waals surface area contributed by atoms with Crippen LogP contribution >= 0.6 is 0 Å². The van der Waals surface area contributed by atoms with Gasteiger partial charge in [-0.3, -0.25) is 0 Å². The normalized spacial score (nSPS) is 21.4. The molecule has 0 bridgehead atoms. The summed E-state index contributed by atoms with van der Waals surface area (Å²) in [5, 5.41) is 9.86. The molecule has 1 N–H and O–H groups in total. The third kappa shape index (κ3) is 2.13. The Kier molecular flexibility index (Phi) is 2.40. The van der Waals surface area contributed by atoms with Gasteiger partial charge in [0.1, 0.15) is 0 Å². The van der Waals surface area contributed by atoms with Gasteiger partial charge in [0.15, 0.2) is 0 Å². The highest BCUT2D eigenvalue weighted by Gasteiger charge is 2.32. The van der Waals surface area contributed by atoms with E-state index in [0.717, 1.165) is 17.9 Å². The van der Waals surface area contributed by atoms with E-state index in [1.54, 1.807) is 12.5 Å². The average molecular weight is 180 g/mol. The van der Waals surface area contributed by atoms with E-state index in [4.69, 9.17) is 4.42 Å². The molecule has 2 unspecified atom stereocenters. The lowest BCUT2D eigenvalue weighted by atomic mass is 9.95. The van der Waals surface area contributed by atoms with Crippen molar-refractivity contribution < 1.29 is 9.52 Å². The summed E-state index contributed by atoms with van der Waals surface area (Å²) < 4.78 is 4.96. The Morgan fingerprint density at radius 3 is 2.92 bits per heavy atom. The Bertz CT molecular complexity index is 249. The third-order valence-corrected chi connectivity index (χ3v) is 3.00. The van der Waals surface area contributed by atoms with E-state index in [9.17, 15) is 5.11 Å². The van der Waals surface area contributed by atoms with Gasteiger partial charge in [-0.15, -0.1) is 0 Å². The highest BCUT2D eigenvalue weighted by atomic mass is 16.3. The standard InChI is InChI=1S/C11H16O2/c1-8(10-2-3-10)11(12)6-9-4-5-13-7-9/h4-5,7-8,10-12H,2-3,6H2,1H3. The summed E-state index contributed by atoms with van der Waals surface area (Å²) in [5.74, 6) is 1.21. The van der Waals surface area contributed by atoms with Gasteiger partial charge in [0, 0.05) is 6.42 Å². The molecule has 0 aliphatic heterocycles. The smallest absolute Gasteiger partial charge is 0.0935 e. The molecule has 1 aromatic rings. The van der Waals surface area contributed by atoms with Crippen LogP contribution in [0.2, 0.25) is 0 Å². The molecule has 2 heteroatoms. The second kappa shape index (κ2) is 3.54. The van der Waals surface area contributed by atoms with E-state index in [2.05, 4.69) is 6.92 Å². The molecule has 1 aliphatic rings. The van der Waals surface area contributed by atoms with Gasteiger partial charge in [0.2, 0.25) is 0 Å². The third-order valence-electron chi connectivity index (χ3n) is 3.00. The average Bonchev–Trinajstić information content (AvgIpc) is 2.85. The quantitative estimate of drug-likeness (QED) is 0.770. The molecule has 1 aliphatic carbocycles. The molecule has 0 saturated heterocycles. The second-order valence-corrected chi connectivity index (χ2v) is 4.10. The Hall–Kier alpha value is -0.760. The lowest BCUT2D eigenvalue weighted by molar-refractivity contribution is 0.105. The largest absolute Gasteiger partial charge is 0.472 e. The van der Waals surface area contributed by atoms with Crippen LogP contribution in [0, 0.1) is 11.8 Å². The van der Waals surface area contributed by atoms with Crippen LogP contribution in [0.1, 0.15) is 25.3 Å². The fourth-order valence-electron chi connectivity index (χ4n) is 1.77. The van der Waals surface area contributed by atoms with Gasteiger partial charge in [-0.1, -0.05) is 6.92 Å². The van der Waals surface area contributed by atoms with Crippen LogP contribution in [0.3, 0.4) is 0 Å². The van der Waals surface area contributed by atoms with E-state index < -0.39 is 0 Å². The number of aliphatic hydroxyl groups excluding tert-OH is 1. The molecule has 2 atom stereocenters. The van der Waals surface area contributed by atoms with E-state index >= 15 is 0 Å². The van der Waals surface area contributed by atoms with Crippen molar-refractivity contribution in [1.82, 2.24) is 0 Å². The maximum absolute atomic E-state index is 9.86. The molecular formula is C11H16O2. The van der Waals surface area contributed by atoms with Crippen LogP contribution in [0.5, 0.6) is 0 Å². The van der Waals surface area contributed by atoms with E-state index in [1.165, 1.54) is 12.8 Å². The molecule has 1 aromatic heterocycles. The van der Waals surface area contributed by atoms with E-state index in [-0.39, 0.29) is 6.10 Å². The maximum atomic E-state index is 9.86. The summed E-state index contributed by atoms with van der Waals surface area (Å²) in [4.78, 5) is 0. The van der Waals surface area contributed by atoms with Gasteiger partial charge >= 0.3 is 0 Å². The Labute approximate surface area is 78.6 Å². The molecule has 0 spiro atoms. The zero-order chi connectivity index (χ0) is 9.26. The summed E-state index contributed by atoms with van der Waals surface area (Å²) in [6, 6.07) is 1.92. The topological polar surface area (TPSA) is 33.4 Å². The molecule has 2 nitrogen and oxygen atoms in total. The molecule has 0 amide bonds. The predicted octanol–water partition coefficient (Wildman–Crippen LogP) is 2.23. The first kappa shape index (κ1) is 8.82. The zero-order valence-electron chi connectivity index (χ0n) is 7.94. The van der Waals surface area contributed by atoms with Crippen molar-refractivity contribution in [1.29, 1.82) is 0 Å². The number of hydrogen-bond donors (Lipinski definition) is 1. The van der Waals surface area contributed by atoms with Crippen molar-refractivity contribution in [2.24, 2.45) is 11.8 Å². The monoisotopic (exact) mass is 180 g/mol. The van der Waals surface area contributed by atoms with Crippen LogP contribution in [0.25, 0.3) is 0 Å². The minimum absolute atomic E-state index is 0.204. The maximum Gasteiger partial charge on any atom is 0.0935 e. The van der Waals surface area contributed by atoms with Crippen molar-refractivity contribution in [3.63, 3.8) is 0 Å². The first-order valence-electron chi connectivity index (χ1n) is 4.96. The van der Waals surface area contributed by atoms with Crippen molar-refractivity contribution in [2.75, 3.05) is 0 Å². The highest BCUT2D eigenvalue weighted by molar-refractivity contribution is 5.07. The predicted molar refractivity (Wildman–Crippen MR) is 50.3 cm³/mol. The van der Waals surface area contributed by atoms with Crippen LogP contribution in [0.15, 0.2) is 23.0 Å². The number of rotatable bonds is 4. The Morgan fingerprint density at radius 1 is 1.62 bits per heavy atom. The van der Waals surface area contributed by atoms with Crippen molar-refractivity contribution >= 4 is 0 Å². The van der Waals surface area contributed by atoms with Crippen LogP contribution in [-0.4, -0.2) is 11.2 Å². The van der Waals surface area contributed by atoms with Crippen molar-refractivity contribution in [3.05, 3.63) is 24.2 Å². The molecule has 1 heterocycles. The van der Waals surface area contributed by atoms with Gasteiger partial charge < -0.3 is 9.52 Å². The summed E-state index contributed by atoms with van der Waals surface area (Å²) in [5.41, 5.74) is 1.10. The zero-order valence-corrected chi connectivity index (χ0v) is 7.94. The Balaban J connectivity index is 1.86. The number of hydrogen-bond acceptors (Lipinski definition) is 2. The second-order valence-electron chi connectivity index (χ2n) is 4.10. The molecule has 1 saturated carbocycles. The fraction of sp³-hybridized carbons (Fsp3) is 0.636. The summed E-state index contributed by atoms with van der Waals surface area (Å²) in [6.07, 6.45) is 6.48. The molecule has 72 valence electrons. The summed E-state index contributed by atoms with van der Waals surface area (Å²) in [6.45, 7) is 2.14. The van der Waals surface area contributed by atoms with Crippen LogP contribution < -0.4 is 0 Å². The van der Waals surface area contributed by atoms with Gasteiger partial charge in [0.25, 0.3) is 0 Å². The molecular weight excluding hydrogens is 164 g/mol.